The molecular weight excluding hydrogens is 357 g/mol. The summed E-state index contributed by atoms with van der Waals surface area (Å²) in [5, 5.41) is 3.47. The van der Waals surface area contributed by atoms with Crippen LogP contribution in [0.15, 0.2) is 41.3 Å². The molecule has 1 N–H and O–H groups in total. The number of anilines is 1. The molecule has 0 aliphatic heterocycles. The lowest BCUT2D eigenvalue weighted by atomic mass is 10.3. The van der Waals surface area contributed by atoms with Crippen molar-refractivity contribution in [3.63, 3.8) is 0 Å². The summed E-state index contributed by atoms with van der Waals surface area (Å²) in [6, 6.07) is 10.6. The van der Waals surface area contributed by atoms with Gasteiger partial charge in [0.25, 0.3) is 0 Å². The number of ether oxygens (including phenoxy) is 2. The highest BCUT2D eigenvalue weighted by Gasteiger charge is 2.10. The molecule has 0 aliphatic rings. The molecule has 0 heterocycles. The third-order valence-electron chi connectivity index (χ3n) is 2.95. The van der Waals surface area contributed by atoms with E-state index >= 15 is 0 Å². The van der Waals surface area contributed by atoms with Gasteiger partial charge in [0.1, 0.15) is 0 Å². The molecule has 0 atom stereocenters. The molecule has 0 spiro atoms. The number of benzene rings is 2. The lowest BCUT2D eigenvalue weighted by molar-refractivity contribution is -0.113. The van der Waals surface area contributed by atoms with Crippen LogP contribution in [0.2, 0.25) is 10.0 Å². The second-order valence-corrected chi connectivity index (χ2v) is 6.29. The monoisotopic (exact) mass is 371 g/mol. The molecule has 0 saturated carbocycles. The van der Waals surface area contributed by atoms with Crippen molar-refractivity contribution in [2.75, 3.05) is 25.3 Å². The Morgan fingerprint density at radius 3 is 2.57 bits per heavy atom. The number of carbonyl (C=O) groups is 1. The van der Waals surface area contributed by atoms with E-state index < -0.39 is 0 Å². The first-order chi connectivity index (χ1) is 11.0. The molecule has 0 radical (unpaired) electrons. The van der Waals surface area contributed by atoms with Crippen LogP contribution in [0.5, 0.6) is 11.5 Å². The van der Waals surface area contributed by atoms with Gasteiger partial charge in [0.2, 0.25) is 5.91 Å². The second kappa shape index (κ2) is 8.34. The van der Waals surface area contributed by atoms with Crippen molar-refractivity contribution in [1.82, 2.24) is 0 Å². The van der Waals surface area contributed by atoms with Crippen molar-refractivity contribution in [2.24, 2.45) is 0 Å². The standard InChI is InChI=1S/C16H15Cl2NO3S/c1-21-13-7-6-10(8-14(13)22-2)23-9-15(20)19-12-5-3-4-11(17)16(12)18/h3-8H,9H2,1-2H3,(H,19,20). The first kappa shape index (κ1) is 17.8. The molecule has 23 heavy (non-hydrogen) atoms. The Balaban J connectivity index is 1.98. The topological polar surface area (TPSA) is 47.6 Å². The van der Waals surface area contributed by atoms with E-state index in [-0.39, 0.29) is 11.7 Å². The summed E-state index contributed by atoms with van der Waals surface area (Å²) in [6.07, 6.45) is 0. The quantitative estimate of drug-likeness (QED) is 0.744. The Kier molecular flexibility index (Phi) is 6.45. The smallest absolute Gasteiger partial charge is 0.234 e. The van der Waals surface area contributed by atoms with E-state index in [2.05, 4.69) is 5.32 Å². The van der Waals surface area contributed by atoms with E-state index in [1.165, 1.54) is 11.8 Å². The van der Waals surface area contributed by atoms with Crippen molar-refractivity contribution in [3.05, 3.63) is 46.4 Å². The first-order valence-electron chi connectivity index (χ1n) is 6.64. The minimum atomic E-state index is -0.172. The predicted octanol–water partition coefficient (Wildman–Crippen LogP) is 4.74. The Morgan fingerprint density at radius 1 is 1.13 bits per heavy atom. The number of carbonyl (C=O) groups excluding carboxylic acids is 1. The van der Waals surface area contributed by atoms with Crippen LogP contribution in [0.1, 0.15) is 0 Å². The Morgan fingerprint density at radius 2 is 1.87 bits per heavy atom. The van der Waals surface area contributed by atoms with Gasteiger partial charge in [-0.2, -0.15) is 0 Å². The number of amides is 1. The molecule has 2 aromatic carbocycles. The van der Waals surface area contributed by atoms with Gasteiger partial charge in [-0.25, -0.2) is 0 Å². The fourth-order valence-corrected chi connectivity index (χ4v) is 2.91. The normalized spacial score (nSPS) is 10.3. The molecule has 122 valence electrons. The maximum absolute atomic E-state index is 12.0. The molecule has 2 rings (SSSR count). The van der Waals surface area contributed by atoms with E-state index in [1.54, 1.807) is 38.5 Å². The highest BCUT2D eigenvalue weighted by Crippen LogP contribution is 2.32. The molecule has 1 amide bonds. The maximum Gasteiger partial charge on any atom is 0.234 e. The number of hydrogen-bond donors (Lipinski definition) is 1. The summed E-state index contributed by atoms with van der Waals surface area (Å²) in [5.41, 5.74) is 0.497. The van der Waals surface area contributed by atoms with Crippen LogP contribution >= 0.6 is 35.0 Å². The van der Waals surface area contributed by atoms with Crippen LogP contribution in [0, 0.1) is 0 Å². The van der Waals surface area contributed by atoms with Gasteiger partial charge < -0.3 is 14.8 Å². The highest BCUT2D eigenvalue weighted by atomic mass is 35.5. The summed E-state index contributed by atoms with van der Waals surface area (Å²) in [5.74, 6) is 1.33. The number of rotatable bonds is 6. The zero-order valence-corrected chi connectivity index (χ0v) is 14.9. The van der Waals surface area contributed by atoms with Crippen LogP contribution in [0.3, 0.4) is 0 Å². The molecule has 0 fully saturated rings. The van der Waals surface area contributed by atoms with Gasteiger partial charge in [0.15, 0.2) is 11.5 Å². The summed E-state index contributed by atoms with van der Waals surface area (Å²) in [4.78, 5) is 12.9. The minimum absolute atomic E-state index is 0.172. The van der Waals surface area contributed by atoms with Gasteiger partial charge in [0, 0.05) is 4.90 Å². The molecule has 0 aliphatic carbocycles. The first-order valence-corrected chi connectivity index (χ1v) is 8.38. The largest absolute Gasteiger partial charge is 0.493 e. The van der Waals surface area contributed by atoms with E-state index in [1.807, 2.05) is 12.1 Å². The van der Waals surface area contributed by atoms with Crippen LogP contribution in [-0.4, -0.2) is 25.9 Å². The van der Waals surface area contributed by atoms with E-state index in [4.69, 9.17) is 32.7 Å². The van der Waals surface area contributed by atoms with Crippen molar-refractivity contribution in [1.29, 1.82) is 0 Å². The Labute approximate surface area is 149 Å². The fraction of sp³-hybridized carbons (Fsp3) is 0.188. The molecule has 0 bridgehead atoms. The summed E-state index contributed by atoms with van der Waals surface area (Å²) in [6.45, 7) is 0. The molecule has 7 heteroatoms. The summed E-state index contributed by atoms with van der Waals surface area (Å²) in [7, 11) is 3.15. The van der Waals surface area contributed by atoms with Gasteiger partial charge in [-0.1, -0.05) is 29.3 Å². The molecule has 0 unspecified atom stereocenters. The van der Waals surface area contributed by atoms with Crippen molar-refractivity contribution < 1.29 is 14.3 Å². The van der Waals surface area contributed by atoms with E-state index in [0.717, 1.165) is 4.90 Å². The zero-order valence-electron chi connectivity index (χ0n) is 12.6. The van der Waals surface area contributed by atoms with E-state index in [9.17, 15) is 4.79 Å². The molecule has 2 aromatic rings. The number of halogens is 2. The van der Waals surface area contributed by atoms with Crippen molar-refractivity contribution in [3.8, 4) is 11.5 Å². The number of nitrogens with one attached hydrogen (secondary N) is 1. The van der Waals surface area contributed by atoms with Gasteiger partial charge in [0.05, 0.1) is 35.7 Å². The average Bonchev–Trinajstić information content (AvgIpc) is 2.56. The van der Waals surface area contributed by atoms with Crippen LogP contribution in [-0.2, 0) is 4.79 Å². The van der Waals surface area contributed by atoms with Crippen LogP contribution < -0.4 is 14.8 Å². The third-order valence-corrected chi connectivity index (χ3v) is 4.76. The lowest BCUT2D eigenvalue weighted by Crippen LogP contribution is -2.14. The molecule has 4 nitrogen and oxygen atoms in total. The molecule has 0 saturated heterocycles. The Hall–Kier alpha value is -1.56. The molecule has 0 aromatic heterocycles. The van der Waals surface area contributed by atoms with Crippen molar-refractivity contribution >= 4 is 46.6 Å². The number of hydrogen-bond acceptors (Lipinski definition) is 4. The SMILES string of the molecule is COc1ccc(SCC(=O)Nc2cccc(Cl)c2Cl)cc1OC. The highest BCUT2D eigenvalue weighted by molar-refractivity contribution is 8.00. The van der Waals surface area contributed by atoms with Gasteiger partial charge >= 0.3 is 0 Å². The maximum atomic E-state index is 12.0. The van der Waals surface area contributed by atoms with Gasteiger partial charge in [-0.15, -0.1) is 11.8 Å². The lowest BCUT2D eigenvalue weighted by Gasteiger charge is -2.10. The predicted molar refractivity (Wildman–Crippen MR) is 95.4 cm³/mol. The van der Waals surface area contributed by atoms with Crippen LogP contribution in [0.25, 0.3) is 0 Å². The minimum Gasteiger partial charge on any atom is -0.493 e. The van der Waals surface area contributed by atoms with E-state index in [0.29, 0.717) is 27.2 Å². The average molecular weight is 372 g/mol. The summed E-state index contributed by atoms with van der Waals surface area (Å²) >= 11 is 13.3. The third kappa shape index (κ3) is 4.70. The summed E-state index contributed by atoms with van der Waals surface area (Å²) < 4.78 is 10.4. The van der Waals surface area contributed by atoms with Gasteiger partial charge in [-0.3, -0.25) is 4.79 Å². The van der Waals surface area contributed by atoms with Crippen molar-refractivity contribution in [2.45, 2.75) is 4.90 Å². The van der Waals surface area contributed by atoms with Crippen LogP contribution in [0.4, 0.5) is 5.69 Å². The number of thioether (sulfide) groups is 1. The number of methoxy groups -OCH3 is 2. The fourth-order valence-electron chi connectivity index (χ4n) is 1.84. The van der Waals surface area contributed by atoms with Gasteiger partial charge in [-0.05, 0) is 30.3 Å². The Bertz CT molecular complexity index is 710. The zero-order chi connectivity index (χ0) is 16.8. The molecular formula is C16H15Cl2NO3S. The second-order valence-electron chi connectivity index (χ2n) is 4.46.